The zero-order valence-electron chi connectivity index (χ0n) is 12.9. The zero-order valence-corrected chi connectivity index (χ0v) is 13.8. The van der Waals surface area contributed by atoms with Crippen LogP contribution in [0.3, 0.4) is 0 Å². The van der Waals surface area contributed by atoms with Gasteiger partial charge in [0.25, 0.3) is 0 Å². The van der Waals surface area contributed by atoms with Crippen LogP contribution >= 0.6 is 11.3 Å². The van der Waals surface area contributed by atoms with Gasteiger partial charge in [-0.3, -0.25) is 0 Å². The topological polar surface area (TPSA) is 23.5 Å². The maximum absolute atomic E-state index is 13.0. The molecule has 0 atom stereocenters. The number of hydrogen-bond acceptors (Lipinski definition) is 3. The molecule has 2 nitrogen and oxygen atoms in total. The van der Waals surface area contributed by atoms with Crippen molar-refractivity contribution in [3.8, 4) is 16.9 Å². The second kappa shape index (κ2) is 6.66. The van der Waals surface area contributed by atoms with Crippen LogP contribution in [0, 0.1) is 0 Å². The van der Waals surface area contributed by atoms with E-state index in [1.165, 1.54) is 17.4 Å². The monoisotopic (exact) mass is 341 g/mol. The summed E-state index contributed by atoms with van der Waals surface area (Å²) in [6.07, 6.45) is -2.09. The Kier molecular flexibility index (Phi) is 5.04. The molecular formula is C17H18F3NOS. The Morgan fingerprint density at radius 1 is 1.35 bits per heavy atom. The molecule has 0 bridgehead atoms. The number of benzene rings is 1. The van der Waals surface area contributed by atoms with Gasteiger partial charge in [-0.25, -0.2) is 0 Å². The highest BCUT2D eigenvalue weighted by Gasteiger charge is 2.31. The molecule has 0 saturated carbocycles. The van der Waals surface area contributed by atoms with Crippen molar-refractivity contribution in [2.45, 2.75) is 19.5 Å². The number of thiophene rings is 1. The van der Waals surface area contributed by atoms with Crippen LogP contribution in [0.4, 0.5) is 18.2 Å². The van der Waals surface area contributed by atoms with Gasteiger partial charge in [0.1, 0.15) is 10.8 Å². The molecular weight excluding hydrogens is 323 g/mol. The van der Waals surface area contributed by atoms with Crippen LogP contribution in [0.15, 0.2) is 36.9 Å². The molecule has 0 aliphatic heterocycles. The average Bonchev–Trinajstić information content (AvgIpc) is 2.83. The van der Waals surface area contributed by atoms with E-state index in [2.05, 4.69) is 6.58 Å². The molecule has 23 heavy (non-hydrogen) atoms. The van der Waals surface area contributed by atoms with Gasteiger partial charge >= 0.3 is 6.18 Å². The molecule has 0 saturated heterocycles. The van der Waals surface area contributed by atoms with Crippen LogP contribution in [0.5, 0.6) is 5.75 Å². The summed E-state index contributed by atoms with van der Waals surface area (Å²) in [6, 6.07) is 5.05. The van der Waals surface area contributed by atoms with Gasteiger partial charge in [0.2, 0.25) is 0 Å². The minimum atomic E-state index is -4.41. The number of anilines is 1. The van der Waals surface area contributed by atoms with Crippen molar-refractivity contribution in [3.63, 3.8) is 0 Å². The molecule has 0 radical (unpaired) electrons. The fourth-order valence-electron chi connectivity index (χ4n) is 2.35. The van der Waals surface area contributed by atoms with Crippen molar-refractivity contribution in [1.29, 1.82) is 0 Å². The Morgan fingerprint density at radius 2 is 2.04 bits per heavy atom. The van der Waals surface area contributed by atoms with Gasteiger partial charge in [0.05, 0.1) is 11.1 Å². The quantitative estimate of drug-likeness (QED) is 0.744. The Bertz CT molecular complexity index is 706. The highest BCUT2D eigenvalue weighted by Crippen LogP contribution is 2.48. The fraction of sp³-hybridized carbons (Fsp3) is 0.294. The van der Waals surface area contributed by atoms with E-state index in [4.69, 9.17) is 0 Å². The normalized spacial score (nSPS) is 11.5. The molecule has 0 unspecified atom stereocenters. The summed E-state index contributed by atoms with van der Waals surface area (Å²) >= 11 is 1.39. The lowest BCUT2D eigenvalue weighted by Crippen LogP contribution is -2.15. The smallest absolute Gasteiger partial charge is 0.416 e. The molecule has 0 amide bonds. The van der Waals surface area contributed by atoms with Crippen LogP contribution in [-0.4, -0.2) is 18.7 Å². The van der Waals surface area contributed by atoms with Crippen LogP contribution in [0.1, 0.15) is 17.4 Å². The van der Waals surface area contributed by atoms with Gasteiger partial charge in [0.15, 0.2) is 0 Å². The van der Waals surface area contributed by atoms with E-state index in [0.717, 1.165) is 22.0 Å². The number of aryl methyl sites for hydroxylation is 1. The molecule has 0 fully saturated rings. The first-order chi connectivity index (χ1) is 10.8. The molecule has 1 heterocycles. The van der Waals surface area contributed by atoms with E-state index in [1.807, 2.05) is 18.9 Å². The predicted molar refractivity (Wildman–Crippen MR) is 89.3 cm³/mol. The minimum absolute atomic E-state index is 0.0581. The predicted octanol–water partition coefficient (Wildman–Crippen LogP) is 5.32. The summed E-state index contributed by atoms with van der Waals surface area (Å²) in [5.74, 6) is 0.0581. The van der Waals surface area contributed by atoms with Crippen molar-refractivity contribution in [2.24, 2.45) is 0 Å². The Labute approximate surface area is 137 Å². The third-order valence-electron chi connectivity index (χ3n) is 3.48. The van der Waals surface area contributed by atoms with Crippen LogP contribution in [0.2, 0.25) is 0 Å². The third kappa shape index (κ3) is 3.52. The van der Waals surface area contributed by atoms with Crippen LogP contribution in [0.25, 0.3) is 11.1 Å². The molecule has 0 aliphatic carbocycles. The molecule has 0 spiro atoms. The van der Waals surface area contributed by atoms with Gasteiger partial charge in [0, 0.05) is 18.5 Å². The molecule has 1 aromatic heterocycles. The molecule has 0 aliphatic rings. The van der Waals surface area contributed by atoms with E-state index < -0.39 is 11.7 Å². The second-order valence-corrected chi connectivity index (χ2v) is 6.24. The first-order valence-corrected chi connectivity index (χ1v) is 7.95. The lowest BCUT2D eigenvalue weighted by atomic mass is 10.0. The van der Waals surface area contributed by atoms with Gasteiger partial charge in [-0.05, 0) is 24.1 Å². The Balaban J connectivity index is 2.62. The van der Waals surface area contributed by atoms with E-state index in [9.17, 15) is 18.3 Å². The largest absolute Gasteiger partial charge is 0.506 e. The highest BCUT2D eigenvalue weighted by molar-refractivity contribution is 7.17. The fourth-order valence-corrected chi connectivity index (χ4v) is 3.48. The number of nitrogens with zero attached hydrogens (tertiary/aromatic N) is 1. The number of aromatic hydroxyl groups is 1. The Hall–Kier alpha value is -1.95. The number of hydrogen-bond donors (Lipinski definition) is 1. The summed E-state index contributed by atoms with van der Waals surface area (Å²) < 4.78 is 38.9. The van der Waals surface area contributed by atoms with Gasteiger partial charge in [-0.15, -0.1) is 17.9 Å². The van der Waals surface area contributed by atoms with Gasteiger partial charge in [-0.1, -0.05) is 25.1 Å². The average molecular weight is 341 g/mol. The number of likely N-dealkylation sites (N-methyl/N-ethyl adjacent to an activating group) is 1. The molecule has 1 N–H and O–H groups in total. The third-order valence-corrected chi connectivity index (χ3v) is 4.92. The lowest BCUT2D eigenvalue weighted by Gasteiger charge is -2.18. The van der Waals surface area contributed by atoms with E-state index in [0.29, 0.717) is 24.1 Å². The number of alkyl halides is 3. The summed E-state index contributed by atoms with van der Waals surface area (Å²) in [7, 11) is 1.82. The van der Waals surface area contributed by atoms with Gasteiger partial charge in [-0.2, -0.15) is 13.2 Å². The Morgan fingerprint density at radius 3 is 2.61 bits per heavy atom. The molecule has 124 valence electrons. The maximum atomic E-state index is 13.0. The first kappa shape index (κ1) is 17.4. The highest BCUT2D eigenvalue weighted by atomic mass is 32.1. The number of halogens is 3. The first-order valence-electron chi connectivity index (χ1n) is 7.13. The van der Waals surface area contributed by atoms with E-state index in [1.54, 1.807) is 12.1 Å². The van der Waals surface area contributed by atoms with Crippen molar-refractivity contribution in [1.82, 2.24) is 0 Å². The standard InChI is InChI=1S/C17H18F3NOS/c1-4-9-21(3)16-14(15(22)13(5-2)23-16)11-7-6-8-12(10-11)17(18,19)20/h4,6-8,10,22H,1,5,9H2,2-3H3. The molecule has 2 rings (SSSR count). The molecule has 2 aromatic rings. The second-order valence-electron chi connectivity index (χ2n) is 5.16. The summed E-state index contributed by atoms with van der Waals surface area (Å²) in [5, 5.41) is 11.2. The SMILES string of the molecule is C=CCN(C)c1sc(CC)c(O)c1-c1cccc(C(F)(F)F)c1. The lowest BCUT2D eigenvalue weighted by molar-refractivity contribution is -0.137. The maximum Gasteiger partial charge on any atom is 0.416 e. The van der Waals surface area contributed by atoms with Crippen molar-refractivity contribution >= 4 is 16.3 Å². The van der Waals surface area contributed by atoms with Crippen molar-refractivity contribution in [2.75, 3.05) is 18.5 Å². The molecule has 1 aromatic carbocycles. The summed E-state index contributed by atoms with van der Waals surface area (Å²) in [6.45, 7) is 6.11. The van der Waals surface area contributed by atoms with E-state index in [-0.39, 0.29) is 5.75 Å². The summed E-state index contributed by atoms with van der Waals surface area (Å²) in [4.78, 5) is 2.62. The van der Waals surface area contributed by atoms with Crippen LogP contribution in [-0.2, 0) is 12.6 Å². The summed E-state index contributed by atoms with van der Waals surface area (Å²) in [5.41, 5.74) is 0.0810. The number of rotatable bonds is 5. The van der Waals surface area contributed by atoms with Crippen molar-refractivity contribution < 1.29 is 18.3 Å². The van der Waals surface area contributed by atoms with E-state index >= 15 is 0 Å². The minimum Gasteiger partial charge on any atom is -0.506 e. The molecule has 6 heteroatoms. The van der Waals surface area contributed by atoms with Crippen molar-refractivity contribution in [3.05, 3.63) is 47.4 Å². The van der Waals surface area contributed by atoms with Gasteiger partial charge < -0.3 is 10.0 Å². The van der Waals surface area contributed by atoms with Crippen LogP contribution < -0.4 is 4.90 Å². The zero-order chi connectivity index (χ0) is 17.2.